The van der Waals surface area contributed by atoms with Crippen molar-refractivity contribution in [2.75, 3.05) is 7.11 Å². The lowest BCUT2D eigenvalue weighted by molar-refractivity contribution is 0.0685. The summed E-state index contributed by atoms with van der Waals surface area (Å²) in [6.45, 7) is 4.63. The molecule has 1 amide bonds. The van der Waals surface area contributed by atoms with Crippen LogP contribution in [0, 0.1) is 0 Å². The zero-order valence-corrected chi connectivity index (χ0v) is 16.0. The van der Waals surface area contributed by atoms with Gasteiger partial charge in [0.15, 0.2) is 0 Å². The maximum Gasteiger partial charge on any atom is 0.273 e. The summed E-state index contributed by atoms with van der Waals surface area (Å²) in [6.07, 6.45) is 0. The molecule has 0 radical (unpaired) electrons. The van der Waals surface area contributed by atoms with Crippen LogP contribution in [-0.2, 0) is 6.54 Å². The summed E-state index contributed by atoms with van der Waals surface area (Å²) in [6, 6.07) is 17.8. The van der Waals surface area contributed by atoms with Crippen molar-refractivity contribution < 1.29 is 9.53 Å². The molecule has 5 heteroatoms. The largest absolute Gasteiger partial charge is 0.497 e. The fourth-order valence-corrected chi connectivity index (χ4v) is 3.45. The van der Waals surface area contributed by atoms with E-state index >= 15 is 0 Å². The highest BCUT2D eigenvalue weighted by Gasteiger charge is 2.22. The minimum absolute atomic E-state index is 0.0418. The van der Waals surface area contributed by atoms with E-state index in [4.69, 9.17) is 4.74 Å². The molecule has 0 fully saturated rings. The van der Waals surface area contributed by atoms with E-state index in [9.17, 15) is 4.79 Å². The molecule has 0 aliphatic heterocycles. The van der Waals surface area contributed by atoms with Crippen molar-refractivity contribution in [2.24, 2.45) is 0 Å². The quantitative estimate of drug-likeness (QED) is 0.625. The van der Waals surface area contributed by atoms with Gasteiger partial charge < -0.3 is 9.64 Å². The van der Waals surface area contributed by atoms with Crippen LogP contribution < -0.4 is 4.74 Å². The summed E-state index contributed by atoms with van der Waals surface area (Å²) in [5.41, 5.74) is 2.58. The molecule has 3 rings (SSSR count). The highest BCUT2D eigenvalue weighted by molar-refractivity contribution is 7.13. The Morgan fingerprint density at radius 3 is 2.42 bits per heavy atom. The van der Waals surface area contributed by atoms with Gasteiger partial charge in [-0.05, 0) is 43.7 Å². The smallest absolute Gasteiger partial charge is 0.273 e. The molecule has 0 aliphatic carbocycles. The first kappa shape index (κ1) is 18.1. The van der Waals surface area contributed by atoms with Crippen LogP contribution in [0.2, 0.25) is 0 Å². The summed E-state index contributed by atoms with van der Waals surface area (Å²) in [5.74, 6) is 0.760. The van der Waals surface area contributed by atoms with Crippen LogP contribution in [0.15, 0.2) is 60.0 Å². The summed E-state index contributed by atoms with van der Waals surface area (Å²) in [5, 5.41) is 2.67. The molecular formula is C21H22N2O2S. The zero-order valence-electron chi connectivity index (χ0n) is 15.2. The van der Waals surface area contributed by atoms with Crippen LogP contribution in [0.4, 0.5) is 0 Å². The normalized spacial score (nSPS) is 10.8. The van der Waals surface area contributed by atoms with Crippen molar-refractivity contribution in [1.82, 2.24) is 9.88 Å². The lowest BCUT2D eigenvalue weighted by Gasteiger charge is -2.26. The fourth-order valence-electron chi connectivity index (χ4n) is 2.65. The Kier molecular flexibility index (Phi) is 5.68. The average Bonchev–Trinajstić information content (AvgIpc) is 3.16. The second-order valence-electron chi connectivity index (χ2n) is 6.28. The van der Waals surface area contributed by atoms with Crippen molar-refractivity contribution >= 4 is 17.2 Å². The second-order valence-corrected chi connectivity index (χ2v) is 7.14. The Labute approximate surface area is 158 Å². The van der Waals surface area contributed by atoms with E-state index in [-0.39, 0.29) is 11.9 Å². The lowest BCUT2D eigenvalue weighted by Crippen LogP contribution is -2.36. The molecule has 1 heterocycles. The Balaban J connectivity index is 1.80. The van der Waals surface area contributed by atoms with Crippen LogP contribution in [0.1, 0.15) is 29.9 Å². The highest BCUT2D eigenvalue weighted by Crippen LogP contribution is 2.26. The number of amides is 1. The first-order chi connectivity index (χ1) is 12.6. The van der Waals surface area contributed by atoms with E-state index in [1.54, 1.807) is 7.11 Å². The third-order valence-corrected chi connectivity index (χ3v) is 5.03. The first-order valence-corrected chi connectivity index (χ1v) is 9.41. The van der Waals surface area contributed by atoms with Crippen molar-refractivity contribution in [3.8, 4) is 16.3 Å². The zero-order chi connectivity index (χ0) is 18.5. The standard InChI is InChI=1S/C21H22N2O2S/c1-15(2)23(13-16-7-5-4-6-8-16)21(24)19-14-26-20(22-19)17-9-11-18(25-3)12-10-17/h4-12,14-15H,13H2,1-3H3. The van der Waals surface area contributed by atoms with Crippen LogP contribution in [0.5, 0.6) is 5.75 Å². The van der Waals surface area contributed by atoms with E-state index in [0.717, 1.165) is 21.9 Å². The molecule has 0 bridgehead atoms. The molecule has 1 aromatic heterocycles. The Morgan fingerprint density at radius 2 is 1.81 bits per heavy atom. The van der Waals surface area contributed by atoms with Crippen LogP contribution in [-0.4, -0.2) is 28.9 Å². The van der Waals surface area contributed by atoms with E-state index in [1.807, 2.05) is 78.7 Å². The number of aromatic nitrogens is 1. The van der Waals surface area contributed by atoms with E-state index in [2.05, 4.69) is 4.98 Å². The Morgan fingerprint density at radius 1 is 1.12 bits per heavy atom. The molecule has 0 saturated heterocycles. The van der Waals surface area contributed by atoms with Gasteiger partial charge in [0, 0.05) is 23.5 Å². The first-order valence-electron chi connectivity index (χ1n) is 8.53. The third-order valence-electron chi connectivity index (χ3n) is 4.14. The van der Waals surface area contributed by atoms with Gasteiger partial charge in [-0.3, -0.25) is 4.79 Å². The number of ether oxygens (including phenoxy) is 1. The van der Waals surface area contributed by atoms with Gasteiger partial charge in [0.1, 0.15) is 16.5 Å². The number of carbonyl (C=O) groups is 1. The molecule has 3 aromatic rings. The van der Waals surface area contributed by atoms with Gasteiger partial charge in [0.05, 0.1) is 7.11 Å². The van der Waals surface area contributed by atoms with Crippen molar-refractivity contribution in [1.29, 1.82) is 0 Å². The number of rotatable bonds is 6. The van der Waals surface area contributed by atoms with Gasteiger partial charge in [-0.15, -0.1) is 11.3 Å². The Hall–Kier alpha value is -2.66. The molecule has 26 heavy (non-hydrogen) atoms. The minimum Gasteiger partial charge on any atom is -0.497 e. The summed E-state index contributed by atoms with van der Waals surface area (Å²) in [7, 11) is 1.64. The van der Waals surface area contributed by atoms with Gasteiger partial charge >= 0.3 is 0 Å². The van der Waals surface area contributed by atoms with E-state index < -0.39 is 0 Å². The molecule has 0 atom stereocenters. The van der Waals surface area contributed by atoms with Gasteiger partial charge in [-0.1, -0.05) is 30.3 Å². The number of thiazole rings is 1. The second kappa shape index (κ2) is 8.15. The summed E-state index contributed by atoms with van der Waals surface area (Å²) < 4.78 is 5.19. The van der Waals surface area contributed by atoms with Crippen LogP contribution in [0.3, 0.4) is 0 Å². The number of methoxy groups -OCH3 is 1. The number of hydrogen-bond donors (Lipinski definition) is 0. The van der Waals surface area contributed by atoms with E-state index in [1.165, 1.54) is 11.3 Å². The van der Waals surface area contributed by atoms with Crippen molar-refractivity contribution in [3.05, 3.63) is 71.2 Å². The van der Waals surface area contributed by atoms with Crippen molar-refractivity contribution in [2.45, 2.75) is 26.4 Å². The van der Waals surface area contributed by atoms with Gasteiger partial charge in [-0.25, -0.2) is 4.98 Å². The van der Waals surface area contributed by atoms with Crippen LogP contribution in [0.25, 0.3) is 10.6 Å². The number of nitrogens with zero attached hydrogens (tertiary/aromatic N) is 2. The monoisotopic (exact) mass is 366 g/mol. The molecule has 0 saturated carbocycles. The Bertz CT molecular complexity index is 857. The fraction of sp³-hybridized carbons (Fsp3) is 0.238. The maximum atomic E-state index is 13.0. The molecule has 0 aliphatic rings. The maximum absolute atomic E-state index is 13.0. The molecule has 0 N–H and O–H groups in total. The summed E-state index contributed by atoms with van der Waals surface area (Å²) in [4.78, 5) is 19.4. The minimum atomic E-state index is -0.0418. The molecule has 134 valence electrons. The highest BCUT2D eigenvalue weighted by atomic mass is 32.1. The van der Waals surface area contributed by atoms with E-state index in [0.29, 0.717) is 12.2 Å². The van der Waals surface area contributed by atoms with Gasteiger partial charge in [0.2, 0.25) is 0 Å². The van der Waals surface area contributed by atoms with Crippen LogP contribution >= 0.6 is 11.3 Å². The molecule has 4 nitrogen and oxygen atoms in total. The predicted octanol–water partition coefficient (Wildman–Crippen LogP) is 4.87. The average molecular weight is 366 g/mol. The molecular weight excluding hydrogens is 344 g/mol. The number of carbonyl (C=O) groups excluding carboxylic acids is 1. The number of hydrogen-bond acceptors (Lipinski definition) is 4. The predicted molar refractivity (Wildman–Crippen MR) is 106 cm³/mol. The molecule has 0 unspecified atom stereocenters. The van der Waals surface area contributed by atoms with Gasteiger partial charge in [-0.2, -0.15) is 0 Å². The molecule has 2 aromatic carbocycles. The topological polar surface area (TPSA) is 42.4 Å². The summed E-state index contributed by atoms with van der Waals surface area (Å²) >= 11 is 1.48. The third kappa shape index (κ3) is 4.11. The SMILES string of the molecule is COc1ccc(-c2nc(C(=O)N(Cc3ccccc3)C(C)C)cs2)cc1. The molecule has 0 spiro atoms. The van der Waals surface area contributed by atoms with Gasteiger partial charge in [0.25, 0.3) is 5.91 Å². The van der Waals surface area contributed by atoms with Crippen molar-refractivity contribution in [3.63, 3.8) is 0 Å². The number of benzene rings is 2. The lowest BCUT2D eigenvalue weighted by atomic mass is 10.2.